The number of ether oxygens (including phenoxy) is 1. The molecule has 1 saturated heterocycles. The maximum absolute atomic E-state index is 13.1. The van der Waals surface area contributed by atoms with Crippen LogP contribution in [0.4, 0.5) is 5.69 Å². The number of benzene rings is 2. The van der Waals surface area contributed by atoms with Gasteiger partial charge in [-0.05, 0) is 61.0 Å². The highest BCUT2D eigenvalue weighted by atomic mass is 35.5. The molecule has 2 aromatic carbocycles. The lowest BCUT2D eigenvalue weighted by Crippen LogP contribution is -2.49. The number of amides is 2. The smallest absolute Gasteiger partial charge is 0.291 e. The summed E-state index contributed by atoms with van der Waals surface area (Å²) < 4.78 is 10.9. The molecule has 7 nitrogen and oxygen atoms in total. The van der Waals surface area contributed by atoms with Gasteiger partial charge < -0.3 is 19.4 Å². The van der Waals surface area contributed by atoms with Crippen molar-refractivity contribution in [2.75, 3.05) is 44.6 Å². The number of furan rings is 1. The summed E-state index contributed by atoms with van der Waals surface area (Å²) in [5.41, 5.74) is 2.02. The van der Waals surface area contributed by atoms with Gasteiger partial charge in [0.05, 0.1) is 6.26 Å². The van der Waals surface area contributed by atoms with Crippen molar-refractivity contribution in [3.63, 3.8) is 0 Å². The number of nitrogens with zero attached hydrogens (tertiary/aromatic N) is 2. The summed E-state index contributed by atoms with van der Waals surface area (Å²) in [5, 5.41) is 3.51. The molecular formula is C25H26ClN3O4. The highest BCUT2D eigenvalue weighted by Crippen LogP contribution is 2.20. The first-order valence-electron chi connectivity index (χ1n) is 10.8. The van der Waals surface area contributed by atoms with Crippen molar-refractivity contribution in [2.24, 2.45) is 0 Å². The Bertz CT molecular complexity index is 1090. The van der Waals surface area contributed by atoms with Gasteiger partial charge in [-0.1, -0.05) is 17.7 Å². The minimum atomic E-state index is -0.345. The van der Waals surface area contributed by atoms with Crippen molar-refractivity contribution in [3.05, 3.63) is 82.8 Å². The largest absolute Gasteiger partial charge is 0.492 e. The van der Waals surface area contributed by atoms with Gasteiger partial charge in [-0.3, -0.25) is 14.5 Å². The van der Waals surface area contributed by atoms with Crippen LogP contribution < -0.4 is 10.1 Å². The Hall–Kier alpha value is -3.29. The highest BCUT2D eigenvalue weighted by Gasteiger charge is 2.23. The summed E-state index contributed by atoms with van der Waals surface area (Å²) in [5.74, 6) is 0.632. The van der Waals surface area contributed by atoms with E-state index in [9.17, 15) is 9.59 Å². The van der Waals surface area contributed by atoms with Crippen molar-refractivity contribution < 1.29 is 18.7 Å². The van der Waals surface area contributed by atoms with Gasteiger partial charge in [-0.25, -0.2) is 0 Å². The topological polar surface area (TPSA) is 75.0 Å². The van der Waals surface area contributed by atoms with Crippen LogP contribution in [0.5, 0.6) is 5.75 Å². The van der Waals surface area contributed by atoms with E-state index in [1.54, 1.807) is 36.4 Å². The fraction of sp³-hybridized carbons (Fsp3) is 0.280. The van der Waals surface area contributed by atoms with Gasteiger partial charge in [0, 0.05) is 49.0 Å². The third-order valence-electron chi connectivity index (χ3n) is 5.63. The lowest BCUT2D eigenvalue weighted by atomic mass is 10.1. The second kappa shape index (κ2) is 10.6. The zero-order chi connectivity index (χ0) is 23.2. The molecule has 0 radical (unpaired) electrons. The molecule has 8 heteroatoms. The Morgan fingerprint density at radius 2 is 1.82 bits per heavy atom. The first-order valence-corrected chi connectivity index (χ1v) is 11.2. The van der Waals surface area contributed by atoms with Crippen LogP contribution in [0.3, 0.4) is 0 Å². The minimum Gasteiger partial charge on any atom is -0.492 e. The van der Waals surface area contributed by atoms with Gasteiger partial charge >= 0.3 is 0 Å². The van der Waals surface area contributed by atoms with E-state index in [4.69, 9.17) is 20.8 Å². The molecule has 0 saturated carbocycles. The third kappa shape index (κ3) is 5.94. The molecule has 0 atom stereocenters. The lowest BCUT2D eigenvalue weighted by molar-refractivity contribution is 0.0620. The predicted octanol–water partition coefficient (Wildman–Crippen LogP) is 4.33. The molecule has 0 bridgehead atoms. The average Bonchev–Trinajstić information content (AvgIpc) is 3.37. The molecule has 1 N–H and O–H groups in total. The number of halogens is 1. The SMILES string of the molecule is Cc1ccc(C(=O)N2CCN(CCOc3ccc(Cl)cc3)CC2)cc1NC(=O)c1ccco1. The number of anilines is 1. The summed E-state index contributed by atoms with van der Waals surface area (Å²) >= 11 is 5.89. The molecule has 0 aliphatic carbocycles. The van der Waals surface area contributed by atoms with E-state index in [1.807, 2.05) is 30.0 Å². The fourth-order valence-electron chi connectivity index (χ4n) is 3.66. The van der Waals surface area contributed by atoms with Crippen LogP contribution in [0.2, 0.25) is 5.02 Å². The summed E-state index contributed by atoms with van der Waals surface area (Å²) in [4.78, 5) is 29.5. The van der Waals surface area contributed by atoms with Crippen LogP contribution in [0.1, 0.15) is 26.5 Å². The molecule has 172 valence electrons. The van der Waals surface area contributed by atoms with E-state index in [2.05, 4.69) is 10.2 Å². The Labute approximate surface area is 197 Å². The van der Waals surface area contributed by atoms with Gasteiger partial charge in [0.1, 0.15) is 12.4 Å². The predicted molar refractivity (Wildman–Crippen MR) is 127 cm³/mol. The first-order chi connectivity index (χ1) is 16.0. The molecule has 2 heterocycles. The van der Waals surface area contributed by atoms with Crippen LogP contribution in [-0.4, -0.2) is 60.9 Å². The van der Waals surface area contributed by atoms with E-state index in [0.29, 0.717) is 36.0 Å². The molecule has 1 aliphatic heterocycles. The number of carbonyl (C=O) groups excluding carboxylic acids is 2. The molecule has 33 heavy (non-hydrogen) atoms. The number of hydrogen-bond donors (Lipinski definition) is 1. The number of carbonyl (C=O) groups is 2. The van der Waals surface area contributed by atoms with Gasteiger partial charge in [0.25, 0.3) is 11.8 Å². The van der Waals surface area contributed by atoms with Gasteiger partial charge in [-0.15, -0.1) is 0 Å². The van der Waals surface area contributed by atoms with Crippen molar-refractivity contribution >= 4 is 29.1 Å². The maximum atomic E-state index is 13.1. The Morgan fingerprint density at radius 1 is 1.06 bits per heavy atom. The van der Waals surface area contributed by atoms with Crippen LogP contribution in [0.15, 0.2) is 65.3 Å². The van der Waals surface area contributed by atoms with Crippen LogP contribution >= 0.6 is 11.6 Å². The van der Waals surface area contributed by atoms with Crippen molar-refractivity contribution in [1.82, 2.24) is 9.80 Å². The van der Waals surface area contributed by atoms with E-state index < -0.39 is 0 Å². The lowest BCUT2D eigenvalue weighted by Gasteiger charge is -2.34. The van der Waals surface area contributed by atoms with Crippen LogP contribution in [-0.2, 0) is 0 Å². The molecule has 3 aromatic rings. The number of rotatable bonds is 7. The van der Waals surface area contributed by atoms with E-state index >= 15 is 0 Å². The van der Waals surface area contributed by atoms with E-state index in [0.717, 1.165) is 30.9 Å². The molecule has 1 aliphatic rings. The molecule has 1 fully saturated rings. The van der Waals surface area contributed by atoms with Crippen molar-refractivity contribution in [2.45, 2.75) is 6.92 Å². The average molecular weight is 468 g/mol. The molecule has 0 spiro atoms. The van der Waals surface area contributed by atoms with Crippen LogP contribution in [0, 0.1) is 6.92 Å². The van der Waals surface area contributed by atoms with Gasteiger partial charge in [0.15, 0.2) is 5.76 Å². The Morgan fingerprint density at radius 3 is 2.52 bits per heavy atom. The number of hydrogen-bond acceptors (Lipinski definition) is 5. The maximum Gasteiger partial charge on any atom is 0.291 e. The Kier molecular flexibility index (Phi) is 7.32. The molecule has 0 unspecified atom stereocenters. The van der Waals surface area contributed by atoms with Crippen molar-refractivity contribution in [3.8, 4) is 5.75 Å². The number of aryl methyl sites for hydroxylation is 1. The molecular weight excluding hydrogens is 442 g/mol. The minimum absolute atomic E-state index is 0.0411. The van der Waals surface area contributed by atoms with E-state index in [1.165, 1.54) is 6.26 Å². The zero-order valence-electron chi connectivity index (χ0n) is 18.4. The molecule has 4 rings (SSSR count). The zero-order valence-corrected chi connectivity index (χ0v) is 19.2. The summed E-state index contributed by atoms with van der Waals surface area (Å²) in [6, 6.07) is 15.9. The summed E-state index contributed by atoms with van der Waals surface area (Å²) in [6.07, 6.45) is 1.45. The van der Waals surface area contributed by atoms with Crippen molar-refractivity contribution in [1.29, 1.82) is 0 Å². The summed E-state index contributed by atoms with van der Waals surface area (Å²) in [6.45, 7) is 6.10. The number of piperazine rings is 1. The normalized spacial score (nSPS) is 14.2. The second-order valence-corrected chi connectivity index (χ2v) is 8.33. The fourth-order valence-corrected chi connectivity index (χ4v) is 3.79. The Balaban J connectivity index is 1.28. The van der Waals surface area contributed by atoms with Gasteiger partial charge in [-0.2, -0.15) is 0 Å². The van der Waals surface area contributed by atoms with Gasteiger partial charge in [0.2, 0.25) is 0 Å². The summed E-state index contributed by atoms with van der Waals surface area (Å²) in [7, 11) is 0. The van der Waals surface area contributed by atoms with E-state index in [-0.39, 0.29) is 17.6 Å². The second-order valence-electron chi connectivity index (χ2n) is 7.90. The monoisotopic (exact) mass is 467 g/mol. The molecule has 2 amide bonds. The quantitative estimate of drug-likeness (QED) is 0.559. The number of nitrogens with one attached hydrogen (secondary N) is 1. The van der Waals surface area contributed by atoms with Crippen LogP contribution in [0.25, 0.3) is 0 Å². The standard InChI is InChI=1S/C25H26ClN3O4/c1-18-4-5-19(17-22(18)27-24(30)23-3-2-15-33-23)25(31)29-12-10-28(11-13-29)14-16-32-21-8-6-20(26)7-9-21/h2-9,15,17H,10-14,16H2,1H3,(H,27,30). The first kappa shape index (κ1) is 22.9. The molecule has 1 aromatic heterocycles. The third-order valence-corrected chi connectivity index (χ3v) is 5.88. The highest BCUT2D eigenvalue weighted by molar-refractivity contribution is 6.30.